The minimum atomic E-state index is -4.38. The van der Waals surface area contributed by atoms with Crippen LogP contribution in [0, 0.1) is 6.92 Å². The second kappa shape index (κ2) is 5.71. The third kappa shape index (κ3) is 3.13. The van der Waals surface area contributed by atoms with Crippen LogP contribution in [0.25, 0.3) is 0 Å². The summed E-state index contributed by atoms with van der Waals surface area (Å²) in [7, 11) is 0. The van der Waals surface area contributed by atoms with Gasteiger partial charge in [0.15, 0.2) is 10.8 Å². The molecule has 2 aromatic rings. The van der Waals surface area contributed by atoms with Gasteiger partial charge in [-0.15, -0.1) is 11.3 Å². The molecule has 0 saturated carbocycles. The highest BCUT2D eigenvalue weighted by Gasteiger charge is 2.34. The van der Waals surface area contributed by atoms with Crippen molar-refractivity contribution in [2.24, 2.45) is 0 Å². The zero-order chi connectivity index (χ0) is 15.7. The van der Waals surface area contributed by atoms with Crippen LogP contribution in [-0.2, 0) is 6.18 Å². The van der Waals surface area contributed by atoms with Gasteiger partial charge in [-0.2, -0.15) is 13.2 Å². The molecule has 3 heterocycles. The van der Waals surface area contributed by atoms with Crippen LogP contribution in [0.5, 0.6) is 0 Å². The van der Waals surface area contributed by atoms with E-state index in [1.807, 2.05) is 17.9 Å². The second-order valence-electron chi connectivity index (χ2n) is 4.95. The van der Waals surface area contributed by atoms with Crippen LogP contribution in [0.3, 0.4) is 0 Å². The monoisotopic (exact) mass is 329 g/mol. The lowest BCUT2D eigenvalue weighted by molar-refractivity contribution is -0.140. The standard InChI is InChI=1S/C13H14F3N5S/c1-9-17-3-2-11(18-9)20-4-6-21(7-5-20)12-19-10(8-22-12)13(14,15)16/h2-3,8H,4-7H2,1H3. The molecule has 1 aliphatic heterocycles. The Labute approximate surface area is 129 Å². The van der Waals surface area contributed by atoms with E-state index in [2.05, 4.69) is 19.9 Å². The number of hydrogen-bond acceptors (Lipinski definition) is 6. The number of nitrogens with zero attached hydrogens (tertiary/aromatic N) is 5. The van der Waals surface area contributed by atoms with E-state index in [4.69, 9.17) is 0 Å². The summed E-state index contributed by atoms with van der Waals surface area (Å²) < 4.78 is 37.8. The zero-order valence-electron chi connectivity index (χ0n) is 11.8. The molecule has 0 bridgehead atoms. The quantitative estimate of drug-likeness (QED) is 0.847. The molecule has 9 heteroatoms. The van der Waals surface area contributed by atoms with E-state index in [0.717, 1.165) is 22.5 Å². The number of hydrogen-bond donors (Lipinski definition) is 0. The summed E-state index contributed by atoms with van der Waals surface area (Å²) in [4.78, 5) is 16.1. The molecule has 1 fully saturated rings. The van der Waals surface area contributed by atoms with Gasteiger partial charge in [0.05, 0.1) is 0 Å². The molecule has 0 atom stereocenters. The van der Waals surface area contributed by atoms with Gasteiger partial charge in [-0.1, -0.05) is 0 Å². The van der Waals surface area contributed by atoms with E-state index in [9.17, 15) is 13.2 Å². The molecule has 0 unspecified atom stereocenters. The number of anilines is 2. The zero-order valence-corrected chi connectivity index (χ0v) is 12.7. The average Bonchev–Trinajstić information content (AvgIpc) is 2.97. The number of thiazole rings is 1. The SMILES string of the molecule is Cc1nccc(N2CCN(c3nc(C(F)(F)F)cs3)CC2)n1. The molecular weight excluding hydrogens is 315 g/mol. The predicted octanol–water partition coefficient (Wildman–Crippen LogP) is 2.59. The Balaban J connectivity index is 1.65. The van der Waals surface area contributed by atoms with Crippen molar-refractivity contribution in [3.8, 4) is 0 Å². The molecule has 0 aliphatic carbocycles. The average molecular weight is 329 g/mol. The fraction of sp³-hybridized carbons (Fsp3) is 0.462. The first-order valence-electron chi connectivity index (χ1n) is 6.76. The maximum atomic E-state index is 12.6. The van der Waals surface area contributed by atoms with Crippen molar-refractivity contribution in [1.82, 2.24) is 15.0 Å². The largest absolute Gasteiger partial charge is 0.434 e. The third-order valence-electron chi connectivity index (χ3n) is 3.42. The third-order valence-corrected chi connectivity index (χ3v) is 4.32. The summed E-state index contributed by atoms with van der Waals surface area (Å²) in [6.07, 6.45) is -2.67. The van der Waals surface area contributed by atoms with Crippen LogP contribution >= 0.6 is 11.3 Å². The summed E-state index contributed by atoms with van der Waals surface area (Å²) in [5.74, 6) is 1.55. The lowest BCUT2D eigenvalue weighted by Gasteiger charge is -2.35. The summed E-state index contributed by atoms with van der Waals surface area (Å²) in [5.41, 5.74) is -0.818. The van der Waals surface area contributed by atoms with Crippen molar-refractivity contribution in [2.45, 2.75) is 13.1 Å². The lowest BCUT2D eigenvalue weighted by Crippen LogP contribution is -2.46. The predicted molar refractivity (Wildman–Crippen MR) is 78.3 cm³/mol. The molecular formula is C13H14F3N5S. The van der Waals surface area contributed by atoms with Crippen molar-refractivity contribution < 1.29 is 13.2 Å². The Bertz CT molecular complexity index is 649. The number of alkyl halides is 3. The van der Waals surface area contributed by atoms with Gasteiger partial charge in [-0.25, -0.2) is 15.0 Å². The Morgan fingerprint density at radius 1 is 1.09 bits per heavy atom. The van der Waals surface area contributed by atoms with E-state index in [1.54, 1.807) is 6.20 Å². The van der Waals surface area contributed by atoms with Crippen molar-refractivity contribution in [2.75, 3.05) is 36.0 Å². The minimum absolute atomic E-state index is 0.422. The molecule has 0 aromatic carbocycles. The molecule has 0 spiro atoms. The fourth-order valence-electron chi connectivity index (χ4n) is 2.29. The number of aromatic nitrogens is 3. The first-order chi connectivity index (χ1) is 10.4. The molecule has 0 amide bonds. The Hall–Kier alpha value is -1.90. The van der Waals surface area contributed by atoms with Crippen molar-refractivity contribution in [1.29, 1.82) is 0 Å². The maximum Gasteiger partial charge on any atom is 0.434 e. The van der Waals surface area contributed by atoms with E-state index < -0.39 is 11.9 Å². The van der Waals surface area contributed by atoms with Crippen LogP contribution in [0.4, 0.5) is 24.1 Å². The minimum Gasteiger partial charge on any atom is -0.353 e. The van der Waals surface area contributed by atoms with Gasteiger partial charge < -0.3 is 9.80 Å². The van der Waals surface area contributed by atoms with E-state index in [1.165, 1.54) is 0 Å². The molecule has 1 aliphatic rings. The molecule has 22 heavy (non-hydrogen) atoms. The normalized spacial score (nSPS) is 16.2. The topological polar surface area (TPSA) is 45.2 Å². The number of rotatable bonds is 2. The number of halogens is 3. The second-order valence-corrected chi connectivity index (χ2v) is 5.79. The van der Waals surface area contributed by atoms with E-state index in [0.29, 0.717) is 37.1 Å². The van der Waals surface area contributed by atoms with Gasteiger partial charge in [0.1, 0.15) is 11.6 Å². The van der Waals surface area contributed by atoms with Crippen molar-refractivity contribution in [3.63, 3.8) is 0 Å². The van der Waals surface area contributed by atoms with Crippen LogP contribution < -0.4 is 9.80 Å². The molecule has 0 radical (unpaired) electrons. The number of aryl methyl sites for hydroxylation is 1. The lowest BCUT2D eigenvalue weighted by atomic mass is 10.3. The van der Waals surface area contributed by atoms with Gasteiger partial charge in [0.2, 0.25) is 0 Å². The van der Waals surface area contributed by atoms with E-state index >= 15 is 0 Å². The summed E-state index contributed by atoms with van der Waals surface area (Å²) in [6.45, 7) is 4.45. The molecule has 3 rings (SSSR count). The van der Waals surface area contributed by atoms with E-state index in [-0.39, 0.29) is 0 Å². The number of piperazine rings is 1. The van der Waals surface area contributed by atoms with Crippen LogP contribution in [0.15, 0.2) is 17.6 Å². The molecule has 1 saturated heterocycles. The molecule has 0 N–H and O–H groups in total. The highest BCUT2D eigenvalue weighted by atomic mass is 32.1. The van der Waals surface area contributed by atoms with Crippen LogP contribution in [0.1, 0.15) is 11.5 Å². The maximum absolute atomic E-state index is 12.6. The van der Waals surface area contributed by atoms with Crippen LogP contribution in [0.2, 0.25) is 0 Å². The summed E-state index contributed by atoms with van der Waals surface area (Å²) >= 11 is 1.03. The van der Waals surface area contributed by atoms with Gasteiger partial charge in [-0.3, -0.25) is 0 Å². The molecule has 118 valence electrons. The first-order valence-corrected chi connectivity index (χ1v) is 7.64. The summed E-state index contributed by atoms with van der Waals surface area (Å²) in [6, 6.07) is 1.84. The molecule has 2 aromatic heterocycles. The van der Waals surface area contributed by atoms with Crippen molar-refractivity contribution >= 4 is 22.3 Å². The Morgan fingerprint density at radius 3 is 2.36 bits per heavy atom. The van der Waals surface area contributed by atoms with Gasteiger partial charge >= 0.3 is 6.18 Å². The Morgan fingerprint density at radius 2 is 1.77 bits per heavy atom. The molecule has 5 nitrogen and oxygen atoms in total. The Kier molecular flexibility index (Phi) is 3.90. The van der Waals surface area contributed by atoms with Crippen molar-refractivity contribution in [3.05, 3.63) is 29.2 Å². The highest BCUT2D eigenvalue weighted by molar-refractivity contribution is 7.13. The van der Waals surface area contributed by atoms with Gasteiger partial charge in [-0.05, 0) is 13.0 Å². The smallest absolute Gasteiger partial charge is 0.353 e. The fourth-order valence-corrected chi connectivity index (χ4v) is 3.17. The van der Waals surface area contributed by atoms with Gasteiger partial charge in [0, 0.05) is 37.8 Å². The first kappa shape index (κ1) is 15.0. The highest BCUT2D eigenvalue weighted by Crippen LogP contribution is 2.33. The summed E-state index contributed by atoms with van der Waals surface area (Å²) in [5, 5.41) is 1.49. The van der Waals surface area contributed by atoms with Crippen LogP contribution in [-0.4, -0.2) is 41.1 Å². The van der Waals surface area contributed by atoms with Gasteiger partial charge in [0.25, 0.3) is 0 Å².